The molecule has 0 amide bonds. The zero-order chi connectivity index (χ0) is 11.8. The molecule has 0 atom stereocenters. The molecular weight excluding hydrogens is 280 g/mol. The van der Waals surface area contributed by atoms with Gasteiger partial charge in [0.15, 0.2) is 0 Å². The molecule has 3 nitrogen and oxygen atoms in total. The molecule has 1 heterocycles. The van der Waals surface area contributed by atoms with Gasteiger partial charge < -0.3 is 0 Å². The number of halogens is 1. The van der Waals surface area contributed by atoms with E-state index in [1.807, 2.05) is 24.3 Å². The molecule has 88 valence electrons. The highest BCUT2D eigenvalue weighted by Crippen LogP contribution is 2.38. The van der Waals surface area contributed by atoms with Crippen LogP contribution in [0.15, 0.2) is 39.6 Å². The third-order valence-corrected chi connectivity index (χ3v) is 3.89. The zero-order valence-corrected chi connectivity index (χ0v) is 10.9. The molecule has 0 spiro atoms. The fourth-order valence-electron chi connectivity index (χ4n) is 1.97. The van der Waals surface area contributed by atoms with Crippen molar-refractivity contribution in [2.75, 3.05) is 0 Å². The van der Waals surface area contributed by atoms with Crippen molar-refractivity contribution < 1.29 is 0 Å². The van der Waals surface area contributed by atoms with E-state index in [-0.39, 0.29) is 5.56 Å². The van der Waals surface area contributed by atoms with Crippen molar-refractivity contribution in [3.8, 4) is 0 Å². The van der Waals surface area contributed by atoms with Crippen molar-refractivity contribution in [2.24, 2.45) is 0 Å². The smallest absolute Gasteiger partial charge is 0.267 e. The Morgan fingerprint density at radius 2 is 2.12 bits per heavy atom. The molecule has 17 heavy (non-hydrogen) atoms. The molecule has 1 aromatic heterocycles. The molecule has 0 bridgehead atoms. The number of hydrogen-bond donors (Lipinski definition) is 1. The van der Waals surface area contributed by atoms with Gasteiger partial charge in [-0.2, -0.15) is 0 Å². The maximum absolute atomic E-state index is 11.8. The van der Waals surface area contributed by atoms with Crippen LogP contribution in [-0.2, 0) is 6.54 Å². The van der Waals surface area contributed by atoms with Crippen LogP contribution in [-0.4, -0.2) is 9.78 Å². The van der Waals surface area contributed by atoms with Crippen molar-refractivity contribution in [2.45, 2.75) is 25.3 Å². The van der Waals surface area contributed by atoms with E-state index < -0.39 is 0 Å². The fourth-order valence-corrected chi connectivity index (χ4v) is 2.38. The van der Waals surface area contributed by atoms with Crippen LogP contribution in [0.5, 0.6) is 0 Å². The highest BCUT2D eigenvalue weighted by molar-refractivity contribution is 9.10. The summed E-state index contributed by atoms with van der Waals surface area (Å²) in [5, 5.41) is 3.20. The molecule has 1 saturated carbocycles. The molecule has 2 aromatic rings. The van der Waals surface area contributed by atoms with Crippen LogP contribution in [0.1, 0.15) is 30.0 Å². The first-order valence-corrected chi connectivity index (χ1v) is 6.56. The average molecular weight is 293 g/mol. The van der Waals surface area contributed by atoms with E-state index in [0.29, 0.717) is 12.5 Å². The SMILES string of the molecule is O=c1cc(C2CC2)[nH]n1Cc1ccccc1Br. The van der Waals surface area contributed by atoms with Crippen molar-refractivity contribution in [3.63, 3.8) is 0 Å². The highest BCUT2D eigenvalue weighted by atomic mass is 79.9. The minimum atomic E-state index is 0.0580. The van der Waals surface area contributed by atoms with Crippen LogP contribution in [0, 0.1) is 0 Å². The van der Waals surface area contributed by atoms with Crippen molar-refractivity contribution >= 4 is 15.9 Å². The quantitative estimate of drug-likeness (QED) is 0.928. The van der Waals surface area contributed by atoms with Gasteiger partial charge in [-0.25, -0.2) is 4.68 Å². The van der Waals surface area contributed by atoms with Gasteiger partial charge in [-0.05, 0) is 24.5 Å². The summed E-state index contributed by atoms with van der Waals surface area (Å²) >= 11 is 3.50. The van der Waals surface area contributed by atoms with Crippen LogP contribution in [0.25, 0.3) is 0 Å². The maximum atomic E-state index is 11.8. The van der Waals surface area contributed by atoms with Crippen LogP contribution in [0.3, 0.4) is 0 Å². The largest absolute Gasteiger partial charge is 0.299 e. The maximum Gasteiger partial charge on any atom is 0.267 e. The van der Waals surface area contributed by atoms with Crippen LogP contribution < -0.4 is 5.56 Å². The monoisotopic (exact) mass is 292 g/mol. The Labute approximate surface area is 108 Å². The minimum Gasteiger partial charge on any atom is -0.299 e. The predicted molar refractivity (Wildman–Crippen MR) is 70.3 cm³/mol. The second-order valence-electron chi connectivity index (χ2n) is 4.50. The van der Waals surface area contributed by atoms with E-state index in [1.165, 1.54) is 12.8 Å². The topological polar surface area (TPSA) is 37.8 Å². The van der Waals surface area contributed by atoms with Gasteiger partial charge in [-0.15, -0.1) is 0 Å². The van der Waals surface area contributed by atoms with Gasteiger partial charge in [0.1, 0.15) is 0 Å². The van der Waals surface area contributed by atoms with Crippen LogP contribution in [0.4, 0.5) is 0 Å². The first-order valence-electron chi connectivity index (χ1n) is 5.77. The van der Waals surface area contributed by atoms with E-state index >= 15 is 0 Å². The number of benzene rings is 1. The summed E-state index contributed by atoms with van der Waals surface area (Å²) in [6, 6.07) is 9.70. The lowest BCUT2D eigenvalue weighted by atomic mass is 10.2. The first kappa shape index (κ1) is 10.8. The summed E-state index contributed by atoms with van der Waals surface area (Å²) in [5.74, 6) is 0.586. The molecule has 1 aromatic carbocycles. The Morgan fingerprint density at radius 3 is 2.82 bits per heavy atom. The summed E-state index contributed by atoms with van der Waals surface area (Å²) in [6.45, 7) is 0.590. The third-order valence-electron chi connectivity index (χ3n) is 3.11. The van der Waals surface area contributed by atoms with E-state index in [4.69, 9.17) is 0 Å². The van der Waals surface area contributed by atoms with E-state index in [1.54, 1.807) is 10.7 Å². The van der Waals surface area contributed by atoms with E-state index in [2.05, 4.69) is 21.0 Å². The standard InChI is InChI=1S/C13H13BrN2O/c14-11-4-2-1-3-10(11)8-16-13(17)7-12(15-16)9-5-6-9/h1-4,7,9,15H,5-6,8H2. The van der Waals surface area contributed by atoms with E-state index in [9.17, 15) is 4.79 Å². The van der Waals surface area contributed by atoms with Crippen molar-refractivity contribution in [1.29, 1.82) is 0 Å². The Morgan fingerprint density at radius 1 is 1.35 bits per heavy atom. The van der Waals surface area contributed by atoms with Gasteiger partial charge in [0, 0.05) is 22.2 Å². The summed E-state index contributed by atoms with van der Waals surface area (Å²) < 4.78 is 2.71. The third kappa shape index (κ3) is 2.22. The normalized spacial score (nSPS) is 15.1. The Balaban J connectivity index is 1.90. The second-order valence-corrected chi connectivity index (χ2v) is 5.36. The highest BCUT2D eigenvalue weighted by Gasteiger charge is 2.25. The van der Waals surface area contributed by atoms with Crippen molar-refractivity contribution in [3.05, 3.63) is 56.4 Å². The van der Waals surface area contributed by atoms with E-state index in [0.717, 1.165) is 15.7 Å². The van der Waals surface area contributed by atoms with Crippen LogP contribution in [0.2, 0.25) is 0 Å². The molecule has 0 saturated heterocycles. The lowest BCUT2D eigenvalue weighted by molar-refractivity contribution is 0.650. The molecule has 0 radical (unpaired) electrons. The van der Waals surface area contributed by atoms with Gasteiger partial charge in [0.25, 0.3) is 5.56 Å². The number of aromatic nitrogens is 2. The number of nitrogens with zero attached hydrogens (tertiary/aromatic N) is 1. The van der Waals surface area contributed by atoms with Gasteiger partial charge in [0.2, 0.25) is 0 Å². The van der Waals surface area contributed by atoms with Crippen molar-refractivity contribution in [1.82, 2.24) is 9.78 Å². The molecule has 4 heteroatoms. The Kier molecular flexibility index (Phi) is 2.67. The lowest BCUT2D eigenvalue weighted by Gasteiger charge is -2.04. The molecule has 0 unspecified atom stereocenters. The molecule has 0 aliphatic heterocycles. The Bertz CT molecular complexity index is 595. The zero-order valence-electron chi connectivity index (χ0n) is 9.32. The molecule has 1 fully saturated rings. The van der Waals surface area contributed by atoms with Gasteiger partial charge in [-0.1, -0.05) is 34.1 Å². The number of rotatable bonds is 3. The molecular formula is C13H13BrN2O. The average Bonchev–Trinajstić information content (AvgIpc) is 3.09. The molecule has 3 rings (SSSR count). The Hall–Kier alpha value is -1.29. The summed E-state index contributed by atoms with van der Waals surface area (Å²) in [5.41, 5.74) is 2.25. The van der Waals surface area contributed by atoms with Gasteiger partial charge >= 0.3 is 0 Å². The van der Waals surface area contributed by atoms with Crippen LogP contribution >= 0.6 is 15.9 Å². The molecule has 1 N–H and O–H groups in total. The number of H-pyrrole nitrogens is 1. The lowest BCUT2D eigenvalue weighted by Crippen LogP contribution is -2.16. The second kappa shape index (κ2) is 4.18. The molecule has 1 aliphatic rings. The van der Waals surface area contributed by atoms with Gasteiger partial charge in [0.05, 0.1) is 6.54 Å². The number of hydrogen-bond acceptors (Lipinski definition) is 1. The first-order chi connectivity index (χ1) is 8.24. The summed E-state index contributed by atoms with van der Waals surface area (Å²) in [7, 11) is 0. The number of nitrogens with one attached hydrogen (secondary N) is 1. The minimum absolute atomic E-state index is 0.0580. The van der Waals surface area contributed by atoms with Gasteiger partial charge in [-0.3, -0.25) is 9.89 Å². The number of aromatic amines is 1. The fraction of sp³-hybridized carbons (Fsp3) is 0.308. The molecule has 1 aliphatic carbocycles. The summed E-state index contributed by atoms with van der Waals surface area (Å²) in [6.07, 6.45) is 2.41. The summed E-state index contributed by atoms with van der Waals surface area (Å²) in [4.78, 5) is 11.8. The predicted octanol–water partition coefficient (Wildman–Crippen LogP) is 2.86.